The molecule has 0 bridgehead atoms. The standard InChI is InChI=1S/C22H24N4O3/c1-15-13-19(21(27)25-17-8-6-9-18(14-17)28-2)26-22(24-15)23-12-11-16-7-4-5-10-20(16)29-3/h4-10,13-14H,11-12H2,1-3H3,(H,25,27)(H,23,24,26). The summed E-state index contributed by atoms with van der Waals surface area (Å²) in [4.78, 5) is 21.3. The number of ether oxygens (including phenoxy) is 2. The van der Waals surface area contributed by atoms with E-state index < -0.39 is 0 Å². The molecule has 0 spiro atoms. The van der Waals surface area contributed by atoms with Gasteiger partial charge in [0.25, 0.3) is 5.91 Å². The Labute approximate surface area is 170 Å². The number of carbonyl (C=O) groups excluding carboxylic acids is 1. The maximum atomic E-state index is 12.6. The van der Waals surface area contributed by atoms with Crippen LogP contribution in [0, 0.1) is 6.92 Å². The summed E-state index contributed by atoms with van der Waals surface area (Å²) in [5, 5.41) is 6.02. The normalized spacial score (nSPS) is 10.3. The zero-order chi connectivity index (χ0) is 20.6. The van der Waals surface area contributed by atoms with Gasteiger partial charge in [-0.25, -0.2) is 9.97 Å². The van der Waals surface area contributed by atoms with Crippen molar-refractivity contribution in [3.05, 3.63) is 71.5 Å². The minimum absolute atomic E-state index is 0.292. The van der Waals surface area contributed by atoms with E-state index in [0.29, 0.717) is 35.3 Å². The highest BCUT2D eigenvalue weighted by Gasteiger charge is 2.12. The van der Waals surface area contributed by atoms with Crippen molar-refractivity contribution in [1.29, 1.82) is 0 Å². The third kappa shape index (κ3) is 5.44. The number of para-hydroxylation sites is 1. The van der Waals surface area contributed by atoms with Crippen LogP contribution >= 0.6 is 0 Å². The first-order chi connectivity index (χ1) is 14.1. The number of anilines is 2. The van der Waals surface area contributed by atoms with Gasteiger partial charge in [-0.05, 0) is 43.2 Å². The first-order valence-electron chi connectivity index (χ1n) is 9.26. The van der Waals surface area contributed by atoms with Crippen LogP contribution in [0.25, 0.3) is 0 Å². The Morgan fingerprint density at radius 3 is 2.62 bits per heavy atom. The minimum atomic E-state index is -0.309. The molecule has 0 aliphatic rings. The lowest BCUT2D eigenvalue weighted by Gasteiger charge is -2.11. The van der Waals surface area contributed by atoms with Crippen LogP contribution in [0.3, 0.4) is 0 Å². The molecule has 2 aromatic carbocycles. The van der Waals surface area contributed by atoms with Crippen LogP contribution in [0.15, 0.2) is 54.6 Å². The van der Waals surface area contributed by atoms with Crippen LogP contribution < -0.4 is 20.1 Å². The number of aryl methyl sites for hydroxylation is 1. The smallest absolute Gasteiger partial charge is 0.274 e. The second-order valence-electron chi connectivity index (χ2n) is 6.39. The molecule has 1 aromatic heterocycles. The van der Waals surface area contributed by atoms with Gasteiger partial charge in [0.05, 0.1) is 14.2 Å². The van der Waals surface area contributed by atoms with E-state index in [4.69, 9.17) is 9.47 Å². The number of nitrogens with zero attached hydrogens (tertiary/aromatic N) is 2. The zero-order valence-electron chi connectivity index (χ0n) is 16.7. The van der Waals surface area contributed by atoms with Crippen molar-refractivity contribution >= 4 is 17.5 Å². The lowest BCUT2D eigenvalue weighted by Crippen LogP contribution is -2.17. The van der Waals surface area contributed by atoms with Crippen molar-refractivity contribution in [3.8, 4) is 11.5 Å². The van der Waals surface area contributed by atoms with E-state index in [1.807, 2.05) is 43.3 Å². The Kier molecular flexibility index (Phi) is 6.63. The summed E-state index contributed by atoms with van der Waals surface area (Å²) in [6.45, 7) is 2.44. The summed E-state index contributed by atoms with van der Waals surface area (Å²) in [6, 6.07) is 16.7. The van der Waals surface area contributed by atoms with Gasteiger partial charge in [0, 0.05) is 24.0 Å². The highest BCUT2D eigenvalue weighted by molar-refractivity contribution is 6.03. The Balaban J connectivity index is 1.66. The van der Waals surface area contributed by atoms with Gasteiger partial charge in [-0.2, -0.15) is 0 Å². The van der Waals surface area contributed by atoms with Gasteiger partial charge in [-0.1, -0.05) is 24.3 Å². The Morgan fingerprint density at radius 2 is 1.83 bits per heavy atom. The van der Waals surface area contributed by atoms with E-state index in [1.165, 1.54) is 0 Å². The van der Waals surface area contributed by atoms with Gasteiger partial charge < -0.3 is 20.1 Å². The number of amides is 1. The average Bonchev–Trinajstić information content (AvgIpc) is 2.74. The van der Waals surface area contributed by atoms with E-state index >= 15 is 0 Å². The molecule has 0 atom stereocenters. The topological polar surface area (TPSA) is 85.4 Å². The third-order valence-corrected chi connectivity index (χ3v) is 4.28. The van der Waals surface area contributed by atoms with Crippen molar-refractivity contribution in [2.24, 2.45) is 0 Å². The van der Waals surface area contributed by atoms with Crippen LogP contribution in [-0.2, 0) is 6.42 Å². The van der Waals surface area contributed by atoms with Crippen molar-refractivity contribution in [3.63, 3.8) is 0 Å². The van der Waals surface area contributed by atoms with Crippen LogP contribution in [0.2, 0.25) is 0 Å². The van der Waals surface area contributed by atoms with E-state index in [9.17, 15) is 4.79 Å². The van der Waals surface area contributed by atoms with Gasteiger partial charge in [-0.3, -0.25) is 4.79 Å². The van der Waals surface area contributed by atoms with Crippen molar-refractivity contribution in [1.82, 2.24) is 9.97 Å². The second kappa shape index (κ2) is 9.54. The number of rotatable bonds is 8. The monoisotopic (exact) mass is 392 g/mol. The average molecular weight is 392 g/mol. The fourth-order valence-electron chi connectivity index (χ4n) is 2.88. The van der Waals surface area contributed by atoms with E-state index in [1.54, 1.807) is 32.4 Å². The number of aromatic nitrogens is 2. The molecule has 0 aliphatic carbocycles. The molecular formula is C22H24N4O3. The molecular weight excluding hydrogens is 368 g/mol. The fourth-order valence-corrected chi connectivity index (χ4v) is 2.88. The second-order valence-corrected chi connectivity index (χ2v) is 6.39. The first kappa shape index (κ1) is 20.1. The Morgan fingerprint density at radius 1 is 1.00 bits per heavy atom. The van der Waals surface area contributed by atoms with Crippen molar-refractivity contribution in [2.75, 3.05) is 31.4 Å². The fraction of sp³-hybridized carbons (Fsp3) is 0.227. The van der Waals surface area contributed by atoms with Gasteiger partial charge in [-0.15, -0.1) is 0 Å². The molecule has 0 saturated carbocycles. The number of carbonyl (C=O) groups is 1. The lowest BCUT2D eigenvalue weighted by molar-refractivity contribution is 0.102. The maximum absolute atomic E-state index is 12.6. The van der Waals surface area contributed by atoms with Crippen LogP contribution in [0.5, 0.6) is 11.5 Å². The largest absolute Gasteiger partial charge is 0.497 e. The predicted molar refractivity (Wildman–Crippen MR) is 113 cm³/mol. The summed E-state index contributed by atoms with van der Waals surface area (Å²) in [7, 11) is 3.24. The Bertz CT molecular complexity index is 991. The van der Waals surface area contributed by atoms with Crippen molar-refractivity contribution in [2.45, 2.75) is 13.3 Å². The molecule has 0 unspecified atom stereocenters. The number of benzene rings is 2. The quantitative estimate of drug-likeness (QED) is 0.608. The van der Waals surface area contributed by atoms with Crippen LogP contribution in [0.4, 0.5) is 11.6 Å². The molecule has 150 valence electrons. The van der Waals surface area contributed by atoms with E-state index in [-0.39, 0.29) is 5.91 Å². The first-order valence-corrected chi connectivity index (χ1v) is 9.26. The summed E-state index contributed by atoms with van der Waals surface area (Å²) in [5.74, 6) is 1.62. The van der Waals surface area contributed by atoms with Gasteiger partial charge in [0.1, 0.15) is 17.2 Å². The highest BCUT2D eigenvalue weighted by Crippen LogP contribution is 2.19. The predicted octanol–water partition coefficient (Wildman–Crippen LogP) is 3.71. The summed E-state index contributed by atoms with van der Waals surface area (Å²) >= 11 is 0. The summed E-state index contributed by atoms with van der Waals surface area (Å²) in [5.41, 5.74) is 2.72. The summed E-state index contributed by atoms with van der Waals surface area (Å²) < 4.78 is 10.6. The third-order valence-electron chi connectivity index (χ3n) is 4.28. The number of methoxy groups -OCH3 is 2. The van der Waals surface area contributed by atoms with Gasteiger partial charge >= 0.3 is 0 Å². The molecule has 0 radical (unpaired) electrons. The van der Waals surface area contributed by atoms with Crippen LogP contribution in [-0.4, -0.2) is 36.6 Å². The number of nitrogens with one attached hydrogen (secondary N) is 2. The molecule has 3 rings (SSSR count). The zero-order valence-corrected chi connectivity index (χ0v) is 16.7. The molecule has 29 heavy (non-hydrogen) atoms. The lowest BCUT2D eigenvalue weighted by atomic mass is 10.1. The molecule has 0 fully saturated rings. The van der Waals surface area contributed by atoms with E-state index in [0.717, 1.165) is 17.7 Å². The number of hydrogen-bond donors (Lipinski definition) is 2. The Hall–Kier alpha value is -3.61. The molecule has 0 aliphatic heterocycles. The SMILES string of the molecule is COc1cccc(NC(=O)c2cc(C)nc(NCCc3ccccc3OC)n2)c1. The van der Waals surface area contributed by atoms with Crippen LogP contribution in [0.1, 0.15) is 21.7 Å². The molecule has 1 amide bonds. The molecule has 3 aromatic rings. The molecule has 1 heterocycles. The highest BCUT2D eigenvalue weighted by atomic mass is 16.5. The molecule has 7 nitrogen and oxygen atoms in total. The molecule has 7 heteroatoms. The minimum Gasteiger partial charge on any atom is -0.497 e. The maximum Gasteiger partial charge on any atom is 0.274 e. The van der Waals surface area contributed by atoms with E-state index in [2.05, 4.69) is 20.6 Å². The molecule has 0 saturated heterocycles. The van der Waals surface area contributed by atoms with Gasteiger partial charge in [0.15, 0.2) is 0 Å². The van der Waals surface area contributed by atoms with Gasteiger partial charge in [0.2, 0.25) is 5.95 Å². The number of hydrogen-bond acceptors (Lipinski definition) is 6. The summed E-state index contributed by atoms with van der Waals surface area (Å²) in [6.07, 6.45) is 0.743. The van der Waals surface area contributed by atoms with Crippen molar-refractivity contribution < 1.29 is 14.3 Å². The molecule has 2 N–H and O–H groups in total.